The van der Waals surface area contributed by atoms with Crippen LogP contribution in [-0.2, 0) is 4.79 Å². The van der Waals surface area contributed by atoms with Gasteiger partial charge in [0.1, 0.15) is 5.75 Å². The highest BCUT2D eigenvalue weighted by Gasteiger charge is 2.31. The van der Waals surface area contributed by atoms with Crippen LogP contribution in [0.5, 0.6) is 5.75 Å². The second-order valence-corrected chi connectivity index (χ2v) is 6.36. The SMILES string of the molecule is O=C1Nc2ccc(I)cc2/C1=N\NC(=O)c1ccc(OC(F)(F)F)cc1. The Hall–Kier alpha value is -2.63. The summed E-state index contributed by atoms with van der Waals surface area (Å²) in [6.07, 6.45) is -4.81. The number of carbonyl (C=O) groups excluding carboxylic acids is 2. The zero-order chi connectivity index (χ0) is 18.9. The molecule has 2 aromatic rings. The van der Waals surface area contributed by atoms with Gasteiger partial charge in [0, 0.05) is 14.7 Å². The number of halogens is 4. The summed E-state index contributed by atoms with van der Waals surface area (Å²) in [5.41, 5.74) is 3.46. The molecule has 0 spiro atoms. The van der Waals surface area contributed by atoms with Crippen molar-refractivity contribution in [3.63, 3.8) is 0 Å². The number of carbonyl (C=O) groups is 2. The number of hydrazone groups is 1. The number of nitrogens with zero attached hydrogens (tertiary/aromatic N) is 1. The Balaban J connectivity index is 1.74. The van der Waals surface area contributed by atoms with Crippen LogP contribution in [0.15, 0.2) is 47.6 Å². The Morgan fingerprint density at radius 1 is 1.15 bits per heavy atom. The molecule has 3 rings (SSSR count). The predicted molar refractivity (Wildman–Crippen MR) is 94.9 cm³/mol. The highest BCUT2D eigenvalue weighted by molar-refractivity contribution is 14.1. The van der Waals surface area contributed by atoms with Crippen molar-refractivity contribution in [3.05, 3.63) is 57.2 Å². The standard InChI is InChI=1S/C16H9F3IN3O3/c17-16(18,19)26-10-4-1-8(2-5-10)14(24)23-22-13-11-7-9(20)3-6-12(11)21-15(13)25/h1-7H,(H,23,24)(H,21,22,25). The number of benzene rings is 2. The Kier molecular flexibility index (Phi) is 4.85. The van der Waals surface area contributed by atoms with Gasteiger partial charge in [0.05, 0.1) is 5.69 Å². The minimum Gasteiger partial charge on any atom is -0.406 e. The van der Waals surface area contributed by atoms with Crippen molar-refractivity contribution in [1.29, 1.82) is 0 Å². The molecule has 0 bridgehead atoms. The van der Waals surface area contributed by atoms with Crippen LogP contribution in [0.4, 0.5) is 18.9 Å². The van der Waals surface area contributed by atoms with Gasteiger partial charge in [-0.1, -0.05) is 0 Å². The first kappa shape index (κ1) is 18.2. The van der Waals surface area contributed by atoms with E-state index >= 15 is 0 Å². The van der Waals surface area contributed by atoms with Crippen LogP contribution in [0.3, 0.4) is 0 Å². The molecule has 2 amide bonds. The number of ether oxygens (including phenoxy) is 1. The number of hydrogen-bond donors (Lipinski definition) is 2. The molecule has 0 saturated heterocycles. The van der Waals surface area contributed by atoms with Crippen LogP contribution in [0, 0.1) is 3.57 Å². The van der Waals surface area contributed by atoms with Gasteiger partial charge >= 0.3 is 6.36 Å². The van der Waals surface area contributed by atoms with Crippen molar-refractivity contribution in [1.82, 2.24) is 5.43 Å². The number of alkyl halides is 3. The van der Waals surface area contributed by atoms with Gasteiger partial charge in [0.2, 0.25) is 0 Å². The van der Waals surface area contributed by atoms with Gasteiger partial charge in [0.25, 0.3) is 11.8 Å². The van der Waals surface area contributed by atoms with E-state index in [4.69, 9.17) is 0 Å². The molecular weight excluding hydrogens is 466 g/mol. The monoisotopic (exact) mass is 475 g/mol. The lowest BCUT2D eigenvalue weighted by Crippen LogP contribution is -2.23. The molecule has 26 heavy (non-hydrogen) atoms. The number of rotatable bonds is 3. The highest BCUT2D eigenvalue weighted by Crippen LogP contribution is 2.25. The third-order valence-corrected chi connectivity index (χ3v) is 3.99. The molecule has 1 aliphatic rings. The van der Waals surface area contributed by atoms with Crippen molar-refractivity contribution in [2.75, 3.05) is 5.32 Å². The van der Waals surface area contributed by atoms with Crippen LogP contribution < -0.4 is 15.5 Å². The molecular formula is C16H9F3IN3O3. The second-order valence-electron chi connectivity index (χ2n) is 5.12. The molecule has 0 radical (unpaired) electrons. The summed E-state index contributed by atoms with van der Waals surface area (Å²) in [4.78, 5) is 24.0. The highest BCUT2D eigenvalue weighted by atomic mass is 127. The number of anilines is 1. The molecule has 10 heteroatoms. The quantitative estimate of drug-likeness (QED) is 0.529. The van der Waals surface area contributed by atoms with Gasteiger partial charge in [-0.05, 0) is 65.1 Å². The summed E-state index contributed by atoms with van der Waals surface area (Å²) in [5.74, 6) is -1.59. The van der Waals surface area contributed by atoms with Crippen molar-refractivity contribution < 1.29 is 27.5 Å². The van der Waals surface area contributed by atoms with E-state index in [1.54, 1.807) is 12.1 Å². The lowest BCUT2D eigenvalue weighted by atomic mass is 10.1. The Morgan fingerprint density at radius 3 is 2.50 bits per heavy atom. The zero-order valence-corrected chi connectivity index (χ0v) is 14.9. The van der Waals surface area contributed by atoms with E-state index < -0.39 is 23.9 Å². The van der Waals surface area contributed by atoms with E-state index in [0.29, 0.717) is 11.3 Å². The number of amides is 2. The third kappa shape index (κ3) is 4.12. The van der Waals surface area contributed by atoms with Crippen LogP contribution >= 0.6 is 22.6 Å². The van der Waals surface area contributed by atoms with Gasteiger partial charge in [-0.3, -0.25) is 9.59 Å². The molecule has 0 saturated carbocycles. The summed E-state index contributed by atoms with van der Waals surface area (Å²) >= 11 is 2.08. The van der Waals surface area contributed by atoms with Crippen LogP contribution in [-0.4, -0.2) is 23.9 Å². The number of hydrogen-bond acceptors (Lipinski definition) is 4. The molecule has 2 N–H and O–H groups in total. The Labute approximate surface area is 158 Å². The van der Waals surface area contributed by atoms with E-state index in [0.717, 1.165) is 27.8 Å². The minimum absolute atomic E-state index is 0.0453. The van der Waals surface area contributed by atoms with E-state index in [2.05, 4.69) is 43.2 Å². The average molecular weight is 475 g/mol. The normalized spacial score (nSPS) is 14.8. The second kappa shape index (κ2) is 6.94. The molecule has 6 nitrogen and oxygen atoms in total. The van der Waals surface area contributed by atoms with Gasteiger partial charge in [-0.15, -0.1) is 13.2 Å². The average Bonchev–Trinajstić information content (AvgIpc) is 2.86. The van der Waals surface area contributed by atoms with Crippen molar-refractivity contribution in [2.24, 2.45) is 5.10 Å². The van der Waals surface area contributed by atoms with Gasteiger partial charge < -0.3 is 10.1 Å². The summed E-state index contributed by atoms with van der Waals surface area (Å²) in [5, 5.41) is 6.46. The predicted octanol–water partition coefficient (Wildman–Crippen LogP) is 3.28. The summed E-state index contributed by atoms with van der Waals surface area (Å²) in [7, 11) is 0. The van der Waals surface area contributed by atoms with Gasteiger partial charge in [-0.25, -0.2) is 5.43 Å². The topological polar surface area (TPSA) is 79.8 Å². The van der Waals surface area contributed by atoms with Crippen molar-refractivity contribution in [3.8, 4) is 5.75 Å². The molecule has 0 unspecified atom stereocenters. The third-order valence-electron chi connectivity index (χ3n) is 3.32. The summed E-state index contributed by atoms with van der Waals surface area (Å²) < 4.78 is 41.0. The van der Waals surface area contributed by atoms with E-state index in [1.165, 1.54) is 0 Å². The molecule has 0 aromatic heterocycles. The fraction of sp³-hybridized carbons (Fsp3) is 0.0625. The molecule has 2 aromatic carbocycles. The maximum atomic E-state index is 12.1. The van der Waals surface area contributed by atoms with E-state index in [-0.39, 0.29) is 11.3 Å². The zero-order valence-electron chi connectivity index (χ0n) is 12.7. The number of nitrogens with one attached hydrogen (secondary N) is 2. The van der Waals surface area contributed by atoms with Crippen LogP contribution in [0.2, 0.25) is 0 Å². The Morgan fingerprint density at radius 2 is 1.85 bits per heavy atom. The lowest BCUT2D eigenvalue weighted by Gasteiger charge is -2.08. The molecule has 0 aliphatic carbocycles. The molecule has 0 fully saturated rings. The molecule has 1 aliphatic heterocycles. The van der Waals surface area contributed by atoms with Gasteiger partial charge in [0.15, 0.2) is 5.71 Å². The first-order chi connectivity index (χ1) is 12.2. The first-order valence-corrected chi connectivity index (χ1v) is 8.16. The van der Waals surface area contributed by atoms with Crippen molar-refractivity contribution >= 4 is 45.8 Å². The summed E-state index contributed by atoms with van der Waals surface area (Å²) in [6, 6.07) is 9.60. The van der Waals surface area contributed by atoms with E-state index in [1.807, 2.05) is 6.07 Å². The lowest BCUT2D eigenvalue weighted by molar-refractivity contribution is -0.274. The maximum Gasteiger partial charge on any atom is 0.573 e. The van der Waals surface area contributed by atoms with Crippen molar-refractivity contribution in [2.45, 2.75) is 6.36 Å². The minimum atomic E-state index is -4.81. The first-order valence-electron chi connectivity index (χ1n) is 7.08. The fourth-order valence-corrected chi connectivity index (χ4v) is 2.71. The molecule has 134 valence electrons. The molecule has 0 atom stereocenters. The van der Waals surface area contributed by atoms with E-state index in [9.17, 15) is 22.8 Å². The molecule has 1 heterocycles. The van der Waals surface area contributed by atoms with Crippen LogP contribution in [0.1, 0.15) is 15.9 Å². The summed E-state index contributed by atoms with van der Waals surface area (Å²) in [6.45, 7) is 0. The Bertz CT molecular complexity index is 911. The fourth-order valence-electron chi connectivity index (χ4n) is 2.22. The van der Waals surface area contributed by atoms with Crippen LogP contribution in [0.25, 0.3) is 0 Å². The largest absolute Gasteiger partial charge is 0.573 e. The number of fused-ring (bicyclic) bond motifs is 1. The smallest absolute Gasteiger partial charge is 0.406 e. The van der Waals surface area contributed by atoms with Gasteiger partial charge in [-0.2, -0.15) is 5.10 Å². The maximum absolute atomic E-state index is 12.1.